The van der Waals surface area contributed by atoms with Crippen LogP contribution < -0.4 is 20.7 Å². The number of hydrogen-bond donors (Lipinski definition) is 0. The molecule has 2 heteroatoms. The van der Waals surface area contributed by atoms with Gasteiger partial charge in [0.2, 0.25) is 0 Å². The SMILES string of the molecule is COc1cc(CC[P+](c2ccccc2)(c2ccccc2)c2ccccc2)cc2c1C(C)(C)CC2(C)C. The molecule has 4 aromatic carbocycles. The monoisotopic (exact) mass is 493 g/mol. The van der Waals surface area contributed by atoms with Gasteiger partial charge in [-0.1, -0.05) is 88.4 Å². The maximum atomic E-state index is 6.02. The Morgan fingerprint density at radius 3 is 1.58 bits per heavy atom. The van der Waals surface area contributed by atoms with Crippen LogP contribution in [0.3, 0.4) is 0 Å². The highest BCUT2D eigenvalue weighted by Gasteiger charge is 2.46. The first-order valence-electron chi connectivity index (χ1n) is 13.0. The van der Waals surface area contributed by atoms with Gasteiger partial charge >= 0.3 is 0 Å². The van der Waals surface area contributed by atoms with E-state index in [-0.39, 0.29) is 10.8 Å². The lowest BCUT2D eigenvalue weighted by atomic mass is 9.82. The predicted molar refractivity (Wildman–Crippen MR) is 157 cm³/mol. The molecule has 0 atom stereocenters. The van der Waals surface area contributed by atoms with Crippen molar-refractivity contribution in [3.8, 4) is 5.75 Å². The Morgan fingerprint density at radius 2 is 1.14 bits per heavy atom. The second-order valence-electron chi connectivity index (χ2n) is 11.5. The van der Waals surface area contributed by atoms with Crippen LogP contribution in [0.5, 0.6) is 5.75 Å². The van der Waals surface area contributed by atoms with Crippen LogP contribution in [0.4, 0.5) is 0 Å². The minimum Gasteiger partial charge on any atom is -0.496 e. The van der Waals surface area contributed by atoms with Crippen molar-refractivity contribution in [3.63, 3.8) is 0 Å². The molecule has 0 saturated carbocycles. The highest BCUT2D eigenvalue weighted by molar-refractivity contribution is 7.95. The van der Waals surface area contributed by atoms with Crippen molar-refractivity contribution in [3.05, 3.63) is 120 Å². The number of methoxy groups -OCH3 is 1. The van der Waals surface area contributed by atoms with Gasteiger partial charge in [0, 0.05) is 12.0 Å². The van der Waals surface area contributed by atoms with E-state index in [9.17, 15) is 0 Å². The summed E-state index contributed by atoms with van der Waals surface area (Å²) in [7, 11) is -0.0314. The molecular formula is C34H38OP+. The van der Waals surface area contributed by atoms with Crippen LogP contribution in [0.15, 0.2) is 103 Å². The van der Waals surface area contributed by atoms with Crippen LogP contribution in [0.2, 0.25) is 0 Å². The fourth-order valence-corrected chi connectivity index (χ4v) is 11.0. The Kier molecular flexibility index (Phi) is 6.56. The van der Waals surface area contributed by atoms with E-state index in [4.69, 9.17) is 4.74 Å². The molecule has 1 aliphatic rings. The molecule has 5 rings (SSSR count). The van der Waals surface area contributed by atoms with Gasteiger partial charge in [-0.2, -0.15) is 0 Å². The molecule has 0 N–H and O–H groups in total. The number of ether oxygens (including phenoxy) is 1. The molecule has 0 heterocycles. The summed E-state index contributed by atoms with van der Waals surface area (Å²) >= 11 is 0. The standard InChI is InChI=1S/C34H38OP/c1-33(2)25-34(3,4)32-30(33)23-26(24-31(32)35-5)21-22-36(27-15-9-6-10-16-27,28-17-11-7-12-18-28)29-19-13-8-14-20-29/h6-20,23-24H,21-22,25H2,1-5H3/q+1. The van der Waals surface area contributed by atoms with Crippen molar-refractivity contribution in [2.24, 2.45) is 0 Å². The minimum absolute atomic E-state index is 0.123. The molecule has 0 bridgehead atoms. The van der Waals surface area contributed by atoms with Gasteiger partial charge in [-0.15, -0.1) is 0 Å². The van der Waals surface area contributed by atoms with Crippen LogP contribution in [0, 0.1) is 0 Å². The zero-order chi connectivity index (χ0) is 25.4. The topological polar surface area (TPSA) is 9.23 Å². The van der Waals surface area contributed by atoms with Gasteiger partial charge in [0.15, 0.2) is 0 Å². The lowest BCUT2D eigenvalue weighted by molar-refractivity contribution is 0.378. The summed E-state index contributed by atoms with van der Waals surface area (Å²) in [6.45, 7) is 9.50. The first-order valence-corrected chi connectivity index (χ1v) is 15.0. The van der Waals surface area contributed by atoms with E-state index in [1.165, 1.54) is 32.6 Å². The number of rotatable bonds is 7. The highest BCUT2D eigenvalue weighted by Crippen LogP contribution is 2.57. The summed E-state index contributed by atoms with van der Waals surface area (Å²) in [6, 6.07) is 38.4. The lowest BCUT2D eigenvalue weighted by Crippen LogP contribution is -2.34. The summed E-state index contributed by atoms with van der Waals surface area (Å²) in [6.07, 6.45) is 3.23. The molecule has 184 valence electrons. The molecule has 0 spiro atoms. The molecule has 0 aromatic heterocycles. The van der Waals surface area contributed by atoms with Gasteiger partial charge in [-0.05, 0) is 70.8 Å². The van der Waals surface area contributed by atoms with E-state index >= 15 is 0 Å². The van der Waals surface area contributed by atoms with Crippen molar-refractivity contribution in [2.45, 2.75) is 51.4 Å². The molecule has 0 aliphatic heterocycles. The summed E-state index contributed by atoms with van der Waals surface area (Å²) < 4.78 is 6.02. The molecule has 0 unspecified atom stereocenters. The Balaban J connectivity index is 1.65. The van der Waals surface area contributed by atoms with Crippen LogP contribution in [-0.2, 0) is 17.3 Å². The molecule has 4 aromatic rings. The number of hydrogen-bond acceptors (Lipinski definition) is 1. The van der Waals surface area contributed by atoms with E-state index in [0.717, 1.165) is 24.8 Å². The van der Waals surface area contributed by atoms with E-state index in [2.05, 4.69) is 131 Å². The van der Waals surface area contributed by atoms with E-state index in [1.54, 1.807) is 0 Å². The molecule has 1 nitrogen and oxygen atoms in total. The van der Waals surface area contributed by atoms with Gasteiger partial charge in [-0.3, -0.25) is 0 Å². The number of benzene rings is 4. The average Bonchev–Trinajstić information content (AvgIpc) is 3.09. The van der Waals surface area contributed by atoms with Crippen LogP contribution in [-0.4, -0.2) is 13.3 Å². The third-order valence-corrected chi connectivity index (χ3v) is 12.4. The van der Waals surface area contributed by atoms with Gasteiger partial charge in [0.05, 0.1) is 13.3 Å². The normalized spacial score (nSPS) is 15.9. The summed E-state index contributed by atoms with van der Waals surface area (Å²) in [5.74, 6) is 1.06. The third kappa shape index (κ3) is 4.29. The molecular weight excluding hydrogens is 455 g/mol. The highest BCUT2D eigenvalue weighted by atomic mass is 31.2. The first kappa shape index (κ1) is 24.8. The van der Waals surface area contributed by atoms with Crippen molar-refractivity contribution in [1.82, 2.24) is 0 Å². The fourth-order valence-electron chi connectivity index (χ4n) is 6.68. The zero-order valence-electron chi connectivity index (χ0n) is 22.3. The molecule has 36 heavy (non-hydrogen) atoms. The van der Waals surface area contributed by atoms with Crippen molar-refractivity contribution in [1.29, 1.82) is 0 Å². The molecule has 0 fully saturated rings. The summed E-state index contributed by atoms with van der Waals surface area (Å²) in [4.78, 5) is 0. The van der Waals surface area contributed by atoms with Crippen LogP contribution in [0.25, 0.3) is 0 Å². The van der Waals surface area contributed by atoms with Gasteiger partial charge in [-0.25, -0.2) is 0 Å². The molecule has 0 radical (unpaired) electrons. The number of aryl methyl sites for hydroxylation is 1. The third-order valence-electron chi connectivity index (χ3n) is 8.00. The Morgan fingerprint density at radius 1 is 0.667 bits per heavy atom. The van der Waals surface area contributed by atoms with Crippen molar-refractivity contribution >= 4 is 23.2 Å². The summed E-state index contributed by atoms with van der Waals surface area (Å²) in [5.41, 5.74) is 4.51. The van der Waals surface area contributed by atoms with Gasteiger partial charge < -0.3 is 4.74 Å². The quantitative estimate of drug-likeness (QED) is 0.248. The average molecular weight is 494 g/mol. The van der Waals surface area contributed by atoms with Gasteiger partial charge in [0.25, 0.3) is 0 Å². The van der Waals surface area contributed by atoms with E-state index in [1.807, 2.05) is 7.11 Å². The van der Waals surface area contributed by atoms with E-state index < -0.39 is 7.26 Å². The lowest BCUT2D eigenvalue weighted by Gasteiger charge is -2.28. The first-order chi connectivity index (χ1) is 17.3. The maximum absolute atomic E-state index is 6.02. The van der Waals surface area contributed by atoms with Crippen LogP contribution in [0.1, 0.15) is 50.8 Å². The van der Waals surface area contributed by atoms with Gasteiger partial charge in [0.1, 0.15) is 28.9 Å². The van der Waals surface area contributed by atoms with Crippen molar-refractivity contribution < 1.29 is 4.74 Å². The second kappa shape index (κ2) is 9.53. The number of fused-ring (bicyclic) bond motifs is 1. The fraction of sp³-hybridized carbons (Fsp3) is 0.294. The maximum Gasteiger partial charge on any atom is 0.123 e. The van der Waals surface area contributed by atoms with Crippen LogP contribution >= 0.6 is 7.26 Å². The zero-order valence-corrected chi connectivity index (χ0v) is 23.2. The van der Waals surface area contributed by atoms with E-state index in [0.29, 0.717) is 0 Å². The molecule has 0 saturated heterocycles. The second-order valence-corrected chi connectivity index (χ2v) is 15.1. The Bertz CT molecular complexity index is 1230. The Hall–Kier alpha value is -2.89. The molecule has 0 amide bonds. The minimum atomic E-state index is -1.86. The smallest absolute Gasteiger partial charge is 0.123 e. The molecule has 1 aliphatic carbocycles. The summed E-state index contributed by atoms with van der Waals surface area (Å²) in [5, 5.41) is 4.32. The predicted octanol–water partition coefficient (Wildman–Crippen LogP) is 7.19. The Labute approximate surface area is 217 Å². The van der Waals surface area contributed by atoms with Crippen molar-refractivity contribution in [2.75, 3.05) is 13.3 Å². The largest absolute Gasteiger partial charge is 0.496 e.